The minimum atomic E-state index is -1.52. The Balaban J connectivity index is 1.11. The molecular weight excluding hydrogens is 593 g/mol. The van der Waals surface area contributed by atoms with Crippen LogP contribution < -0.4 is 10.1 Å². The Morgan fingerprint density at radius 3 is 2.53 bits per heavy atom. The molecule has 230 valence electrons. The monoisotopic (exact) mass is 621 g/mol. The van der Waals surface area contributed by atoms with E-state index in [4.69, 9.17) is 30.5 Å². The van der Waals surface area contributed by atoms with Crippen molar-refractivity contribution in [1.82, 2.24) is 15.3 Å². The van der Waals surface area contributed by atoms with Crippen molar-refractivity contribution >= 4 is 34.6 Å². The molecule has 10 atom stereocenters. The first-order valence-electron chi connectivity index (χ1n) is 13.4. The smallest absolute Gasteiger partial charge is 0.247 e. The van der Waals surface area contributed by atoms with Crippen molar-refractivity contribution < 1.29 is 53.7 Å². The molecule has 2 saturated heterocycles. The number of nitrogens with zero attached hydrogens (tertiary/aromatic N) is 1. The number of fused-ring (bicyclic) bond motifs is 2. The van der Waals surface area contributed by atoms with Crippen LogP contribution in [0.3, 0.4) is 0 Å². The van der Waals surface area contributed by atoms with E-state index in [2.05, 4.69) is 15.3 Å². The lowest BCUT2D eigenvalue weighted by molar-refractivity contribution is -0.155. The van der Waals surface area contributed by atoms with Crippen LogP contribution >= 0.6 is 11.6 Å². The first-order valence-corrected chi connectivity index (χ1v) is 13.8. The molecule has 3 aliphatic rings. The van der Waals surface area contributed by atoms with E-state index in [9.17, 15) is 30.3 Å². The van der Waals surface area contributed by atoms with Gasteiger partial charge in [0.15, 0.2) is 11.6 Å². The highest BCUT2D eigenvalue weighted by Crippen LogP contribution is 2.35. The molecular formula is C28H29ClFN3O10. The summed E-state index contributed by atoms with van der Waals surface area (Å²) in [5, 5.41) is 55.4. The summed E-state index contributed by atoms with van der Waals surface area (Å²) in [6, 6.07) is 7.56. The fraction of sp³-hybridized carbons (Fsp3) is 0.429. The number of aromatic nitrogens is 2. The highest BCUT2D eigenvalue weighted by atomic mass is 35.5. The van der Waals surface area contributed by atoms with Gasteiger partial charge < -0.3 is 54.8 Å². The number of aliphatic hydroxyl groups excluding tert-OH is 5. The van der Waals surface area contributed by atoms with Crippen LogP contribution in [0.2, 0.25) is 5.02 Å². The number of aliphatic hydroxyl groups is 5. The molecule has 2 aliphatic heterocycles. The molecule has 3 aromatic rings. The van der Waals surface area contributed by atoms with Crippen LogP contribution in [0.4, 0.5) is 4.39 Å². The first kappa shape index (κ1) is 29.9. The van der Waals surface area contributed by atoms with Crippen molar-refractivity contribution in [3.63, 3.8) is 0 Å². The molecule has 3 fully saturated rings. The van der Waals surface area contributed by atoms with E-state index in [0.29, 0.717) is 16.1 Å². The molecule has 1 amide bonds. The number of carbonyl (C=O) groups excluding carboxylic acids is 1. The van der Waals surface area contributed by atoms with Crippen LogP contribution in [0.5, 0.6) is 5.75 Å². The molecule has 43 heavy (non-hydrogen) atoms. The number of nitrogens with one attached hydrogen (secondary N) is 2. The van der Waals surface area contributed by atoms with Gasteiger partial charge in [0.2, 0.25) is 12.2 Å². The fourth-order valence-corrected chi connectivity index (χ4v) is 5.64. The van der Waals surface area contributed by atoms with Gasteiger partial charge >= 0.3 is 0 Å². The van der Waals surface area contributed by atoms with Crippen LogP contribution in [0, 0.1) is 5.82 Å². The van der Waals surface area contributed by atoms with Crippen LogP contribution in [-0.4, -0.2) is 103 Å². The van der Waals surface area contributed by atoms with Gasteiger partial charge in [0.05, 0.1) is 17.1 Å². The number of rotatable bonds is 6. The SMILES string of the molecule is CC(=Cc1ccc(O[C@@H]2O[C@H](c3nc4ccc(Cl)cc4[nH]3)[C@@H](O)[C@@H]2O)c(F)c1)C(=O)N[C@@H]1[C@H](O)[C@@H](O)[C@H]2OCO[C@H]2[C@@H]1O. The molecule has 3 heterocycles. The summed E-state index contributed by atoms with van der Waals surface area (Å²) in [7, 11) is 0. The van der Waals surface area contributed by atoms with Gasteiger partial charge in [-0.1, -0.05) is 17.7 Å². The van der Waals surface area contributed by atoms with Crippen molar-refractivity contribution in [2.45, 2.75) is 68.1 Å². The van der Waals surface area contributed by atoms with Crippen molar-refractivity contribution in [1.29, 1.82) is 0 Å². The predicted octanol–water partition coefficient (Wildman–Crippen LogP) is 0.280. The second-order valence-electron chi connectivity index (χ2n) is 10.7. The van der Waals surface area contributed by atoms with Gasteiger partial charge in [-0.3, -0.25) is 4.79 Å². The molecule has 7 N–H and O–H groups in total. The number of hydrogen-bond acceptors (Lipinski definition) is 11. The lowest BCUT2D eigenvalue weighted by atomic mass is 9.83. The van der Waals surface area contributed by atoms with Crippen molar-refractivity contribution in [3.05, 3.63) is 64.2 Å². The number of halogens is 2. The normalized spacial score (nSPS) is 34.4. The molecule has 1 aromatic heterocycles. The molecule has 15 heteroatoms. The number of carbonyl (C=O) groups is 1. The summed E-state index contributed by atoms with van der Waals surface area (Å²) in [5.41, 5.74) is 1.56. The lowest BCUT2D eigenvalue weighted by Gasteiger charge is -2.41. The van der Waals surface area contributed by atoms with E-state index in [0.717, 1.165) is 6.07 Å². The Hall–Kier alpha value is -3.18. The second-order valence-corrected chi connectivity index (χ2v) is 11.1. The number of imidazole rings is 1. The Kier molecular flexibility index (Phi) is 8.14. The van der Waals surface area contributed by atoms with Crippen LogP contribution in [0.1, 0.15) is 24.4 Å². The number of hydrogen-bond donors (Lipinski definition) is 7. The fourth-order valence-electron chi connectivity index (χ4n) is 5.47. The third kappa shape index (κ3) is 5.61. The van der Waals surface area contributed by atoms with E-state index >= 15 is 4.39 Å². The van der Waals surface area contributed by atoms with E-state index in [1.54, 1.807) is 18.2 Å². The van der Waals surface area contributed by atoms with Gasteiger partial charge in [-0.2, -0.15) is 0 Å². The van der Waals surface area contributed by atoms with E-state index in [1.165, 1.54) is 25.1 Å². The summed E-state index contributed by atoms with van der Waals surface area (Å²) in [4.78, 5) is 20.2. The molecule has 0 unspecified atom stereocenters. The maximum Gasteiger partial charge on any atom is 0.247 e. The van der Waals surface area contributed by atoms with E-state index in [1.807, 2.05) is 0 Å². The zero-order valence-electron chi connectivity index (χ0n) is 22.5. The molecule has 0 bridgehead atoms. The number of amides is 1. The first-order chi connectivity index (χ1) is 20.5. The number of aromatic amines is 1. The van der Waals surface area contributed by atoms with Gasteiger partial charge in [0.25, 0.3) is 0 Å². The van der Waals surface area contributed by atoms with Crippen molar-refractivity contribution in [2.24, 2.45) is 0 Å². The van der Waals surface area contributed by atoms with Gasteiger partial charge in [0.1, 0.15) is 61.4 Å². The zero-order valence-corrected chi connectivity index (χ0v) is 23.3. The summed E-state index contributed by atoms with van der Waals surface area (Å²) >= 11 is 6.01. The quantitative estimate of drug-likeness (QED) is 0.187. The van der Waals surface area contributed by atoms with E-state index < -0.39 is 72.9 Å². The molecule has 13 nitrogen and oxygen atoms in total. The Bertz CT molecular complexity index is 1550. The Labute approximate surface area is 248 Å². The predicted molar refractivity (Wildman–Crippen MR) is 146 cm³/mol. The van der Waals surface area contributed by atoms with Crippen LogP contribution in [0.15, 0.2) is 42.0 Å². The maximum absolute atomic E-state index is 15.0. The van der Waals surface area contributed by atoms with E-state index in [-0.39, 0.29) is 29.5 Å². The Morgan fingerprint density at radius 2 is 1.79 bits per heavy atom. The van der Waals surface area contributed by atoms with Gasteiger partial charge in [-0.05, 0) is 48.9 Å². The molecule has 2 aromatic carbocycles. The maximum atomic E-state index is 15.0. The highest BCUT2D eigenvalue weighted by molar-refractivity contribution is 6.31. The summed E-state index contributed by atoms with van der Waals surface area (Å²) < 4.78 is 36.7. The van der Waals surface area contributed by atoms with Crippen LogP contribution in [0.25, 0.3) is 17.1 Å². The molecule has 0 radical (unpaired) electrons. The lowest BCUT2D eigenvalue weighted by Crippen LogP contribution is -2.67. The summed E-state index contributed by atoms with van der Waals surface area (Å²) in [5.74, 6) is -1.55. The van der Waals surface area contributed by atoms with Gasteiger partial charge in [-0.25, -0.2) is 9.37 Å². The van der Waals surface area contributed by atoms with Gasteiger partial charge in [-0.15, -0.1) is 0 Å². The number of benzene rings is 2. The third-order valence-corrected chi connectivity index (χ3v) is 8.03. The zero-order chi connectivity index (χ0) is 30.6. The topological polar surface area (TPSA) is 196 Å². The molecule has 6 rings (SSSR count). The molecule has 1 aliphatic carbocycles. The molecule has 0 spiro atoms. The summed E-state index contributed by atoms with van der Waals surface area (Å²) in [6.45, 7) is 1.29. The number of ether oxygens (including phenoxy) is 4. The molecule has 1 saturated carbocycles. The third-order valence-electron chi connectivity index (χ3n) is 7.79. The minimum Gasteiger partial charge on any atom is -0.459 e. The Morgan fingerprint density at radius 1 is 1.05 bits per heavy atom. The van der Waals surface area contributed by atoms with Crippen molar-refractivity contribution in [2.75, 3.05) is 6.79 Å². The van der Waals surface area contributed by atoms with Gasteiger partial charge in [0, 0.05) is 10.6 Å². The number of H-pyrrole nitrogens is 1. The van der Waals surface area contributed by atoms with Crippen LogP contribution in [-0.2, 0) is 19.0 Å². The largest absolute Gasteiger partial charge is 0.459 e. The standard InChI is InChI=1S/C28H29ClFN3O10/c1-10(27(39)33-17-18(34)20(36)24-23(19(17)35)40-9-41-24)6-11-2-5-16(13(30)7-11)42-28-22(38)21(37)25(43-28)26-31-14-4-3-12(29)8-15(14)32-26/h2-8,17-25,28,34-38H,9H2,1H3,(H,31,32)(H,33,39)/t17-,18+,19-,20-,21+,22+,23+,24-,25+,28-/m1/s1. The average Bonchev–Trinajstić information content (AvgIpc) is 3.70. The second kappa shape index (κ2) is 11.7. The highest BCUT2D eigenvalue weighted by Gasteiger charge is 2.53. The average molecular weight is 622 g/mol. The summed E-state index contributed by atoms with van der Waals surface area (Å²) in [6.07, 6.45) is -10.2. The minimum absolute atomic E-state index is 0.111. The van der Waals surface area contributed by atoms with Crippen molar-refractivity contribution in [3.8, 4) is 5.75 Å².